The Labute approximate surface area is 161 Å². The molecular formula is C18H19F3N2O4S. The van der Waals surface area contributed by atoms with Crippen molar-refractivity contribution >= 4 is 15.9 Å². The number of hydrogen-bond donors (Lipinski definition) is 1. The predicted molar refractivity (Wildman–Crippen MR) is 95.7 cm³/mol. The van der Waals surface area contributed by atoms with Gasteiger partial charge in [0.1, 0.15) is 5.75 Å². The van der Waals surface area contributed by atoms with Crippen LogP contribution in [0.15, 0.2) is 53.4 Å². The van der Waals surface area contributed by atoms with Gasteiger partial charge in [0.15, 0.2) is 0 Å². The minimum Gasteiger partial charge on any atom is -0.406 e. The van der Waals surface area contributed by atoms with Crippen LogP contribution in [0.2, 0.25) is 0 Å². The Morgan fingerprint density at radius 1 is 1.04 bits per heavy atom. The summed E-state index contributed by atoms with van der Waals surface area (Å²) < 4.78 is 66.7. The van der Waals surface area contributed by atoms with E-state index in [1.807, 2.05) is 0 Å². The molecule has 0 spiro atoms. The van der Waals surface area contributed by atoms with E-state index in [0.717, 1.165) is 22.0 Å². The van der Waals surface area contributed by atoms with Crippen LogP contribution in [0.3, 0.4) is 0 Å². The first-order valence-corrected chi connectivity index (χ1v) is 9.56. The van der Waals surface area contributed by atoms with Gasteiger partial charge in [-0.05, 0) is 35.4 Å². The lowest BCUT2D eigenvalue weighted by Crippen LogP contribution is -2.26. The molecule has 28 heavy (non-hydrogen) atoms. The lowest BCUT2D eigenvalue weighted by molar-refractivity contribution is -0.274. The average molecular weight is 416 g/mol. The van der Waals surface area contributed by atoms with Crippen LogP contribution < -0.4 is 10.1 Å². The molecule has 2 aromatic carbocycles. The number of carbonyl (C=O) groups is 1. The van der Waals surface area contributed by atoms with E-state index in [0.29, 0.717) is 5.56 Å². The highest BCUT2D eigenvalue weighted by Gasteiger charge is 2.31. The Morgan fingerprint density at radius 3 is 2.07 bits per heavy atom. The second kappa shape index (κ2) is 8.61. The lowest BCUT2D eigenvalue weighted by Gasteiger charge is -2.18. The Kier molecular flexibility index (Phi) is 6.68. The van der Waals surface area contributed by atoms with Crippen molar-refractivity contribution in [2.24, 2.45) is 0 Å². The molecule has 0 saturated heterocycles. The number of amides is 1. The molecule has 0 aliphatic rings. The summed E-state index contributed by atoms with van der Waals surface area (Å²) in [6.45, 7) is 1.65. The van der Waals surface area contributed by atoms with Gasteiger partial charge in [0.2, 0.25) is 15.9 Å². The SMILES string of the molecule is CC(=O)NCc1ccc(S(=O)(=O)N(C)Cc2ccc(OC(F)(F)F)cc2)cc1. The summed E-state index contributed by atoms with van der Waals surface area (Å²) in [7, 11) is -2.41. The summed E-state index contributed by atoms with van der Waals surface area (Å²) in [5.41, 5.74) is 1.25. The maximum absolute atomic E-state index is 12.7. The molecule has 2 rings (SSSR count). The number of nitrogens with one attached hydrogen (secondary N) is 1. The Hall–Kier alpha value is -2.59. The van der Waals surface area contributed by atoms with Crippen molar-refractivity contribution in [3.05, 3.63) is 59.7 Å². The summed E-state index contributed by atoms with van der Waals surface area (Å²) >= 11 is 0. The van der Waals surface area contributed by atoms with Gasteiger partial charge in [-0.15, -0.1) is 13.2 Å². The summed E-state index contributed by atoms with van der Waals surface area (Å²) in [5.74, 6) is -0.570. The maximum Gasteiger partial charge on any atom is 0.573 e. The minimum absolute atomic E-state index is 0.0255. The molecule has 0 aliphatic heterocycles. The Balaban J connectivity index is 2.06. The van der Waals surface area contributed by atoms with Crippen LogP contribution in [-0.2, 0) is 27.9 Å². The number of hydrogen-bond acceptors (Lipinski definition) is 4. The number of benzene rings is 2. The van der Waals surface area contributed by atoms with Crippen molar-refractivity contribution in [2.45, 2.75) is 31.3 Å². The molecule has 2 aromatic rings. The predicted octanol–water partition coefficient (Wildman–Crippen LogP) is 3.04. The molecule has 0 radical (unpaired) electrons. The average Bonchev–Trinajstić information content (AvgIpc) is 2.60. The van der Waals surface area contributed by atoms with Crippen LogP contribution >= 0.6 is 0 Å². The zero-order chi connectivity index (χ0) is 20.9. The second-order valence-corrected chi connectivity index (χ2v) is 8.05. The molecule has 0 aliphatic carbocycles. The van der Waals surface area contributed by atoms with E-state index in [1.165, 1.54) is 38.2 Å². The third-order valence-corrected chi connectivity index (χ3v) is 5.55. The monoisotopic (exact) mass is 416 g/mol. The van der Waals surface area contributed by atoms with Crippen LogP contribution in [0.25, 0.3) is 0 Å². The molecule has 10 heteroatoms. The number of rotatable bonds is 7. The van der Waals surface area contributed by atoms with Crippen LogP contribution in [0.5, 0.6) is 5.75 Å². The van der Waals surface area contributed by atoms with Gasteiger partial charge >= 0.3 is 6.36 Å². The van der Waals surface area contributed by atoms with Gasteiger partial charge in [0, 0.05) is 27.1 Å². The zero-order valence-electron chi connectivity index (χ0n) is 15.2. The number of alkyl halides is 3. The number of carbonyl (C=O) groups excluding carboxylic acids is 1. The molecule has 0 bridgehead atoms. The van der Waals surface area contributed by atoms with Crippen molar-refractivity contribution in [1.29, 1.82) is 0 Å². The van der Waals surface area contributed by atoms with E-state index >= 15 is 0 Å². The second-order valence-electron chi connectivity index (χ2n) is 6.01. The fraction of sp³-hybridized carbons (Fsp3) is 0.278. The summed E-state index contributed by atoms with van der Waals surface area (Å²) in [5, 5.41) is 2.61. The van der Waals surface area contributed by atoms with Gasteiger partial charge in [0.25, 0.3) is 0 Å². The quantitative estimate of drug-likeness (QED) is 0.753. The van der Waals surface area contributed by atoms with E-state index in [1.54, 1.807) is 12.1 Å². The van der Waals surface area contributed by atoms with Gasteiger partial charge in [-0.2, -0.15) is 4.31 Å². The molecule has 6 nitrogen and oxygen atoms in total. The zero-order valence-corrected chi connectivity index (χ0v) is 16.0. The maximum atomic E-state index is 12.7. The lowest BCUT2D eigenvalue weighted by atomic mass is 10.2. The molecular weight excluding hydrogens is 397 g/mol. The normalized spacial score (nSPS) is 12.1. The minimum atomic E-state index is -4.78. The van der Waals surface area contributed by atoms with E-state index in [2.05, 4.69) is 10.1 Å². The molecule has 1 N–H and O–H groups in total. The smallest absolute Gasteiger partial charge is 0.406 e. The molecule has 0 heterocycles. The molecule has 152 valence electrons. The fourth-order valence-electron chi connectivity index (χ4n) is 2.32. The van der Waals surface area contributed by atoms with Crippen LogP contribution in [0.4, 0.5) is 13.2 Å². The van der Waals surface area contributed by atoms with E-state index in [9.17, 15) is 26.4 Å². The Morgan fingerprint density at radius 2 is 1.57 bits per heavy atom. The van der Waals surface area contributed by atoms with Crippen molar-refractivity contribution in [3.8, 4) is 5.75 Å². The summed E-state index contributed by atoms with van der Waals surface area (Å²) in [6, 6.07) is 11.0. The van der Waals surface area contributed by atoms with Gasteiger partial charge in [-0.25, -0.2) is 8.42 Å². The largest absolute Gasteiger partial charge is 0.573 e. The third-order valence-electron chi connectivity index (χ3n) is 3.74. The fourth-order valence-corrected chi connectivity index (χ4v) is 3.48. The Bertz CT molecular complexity index is 911. The first-order valence-electron chi connectivity index (χ1n) is 8.12. The van der Waals surface area contributed by atoms with Crippen molar-refractivity contribution in [2.75, 3.05) is 7.05 Å². The van der Waals surface area contributed by atoms with E-state index in [-0.39, 0.29) is 29.6 Å². The molecule has 1 amide bonds. The van der Waals surface area contributed by atoms with E-state index in [4.69, 9.17) is 0 Å². The molecule has 0 aromatic heterocycles. The molecule has 0 saturated carbocycles. The summed E-state index contributed by atoms with van der Waals surface area (Å²) in [6.07, 6.45) is -4.78. The van der Waals surface area contributed by atoms with Crippen LogP contribution in [0, 0.1) is 0 Å². The first-order chi connectivity index (χ1) is 13.0. The number of nitrogens with zero attached hydrogens (tertiary/aromatic N) is 1. The van der Waals surface area contributed by atoms with Gasteiger partial charge in [0.05, 0.1) is 4.90 Å². The molecule has 0 fully saturated rings. The highest BCUT2D eigenvalue weighted by atomic mass is 32.2. The number of halogens is 3. The third kappa shape index (κ3) is 6.24. The first kappa shape index (κ1) is 21.7. The molecule has 0 unspecified atom stereocenters. The highest BCUT2D eigenvalue weighted by molar-refractivity contribution is 7.89. The number of sulfonamides is 1. The van der Waals surface area contributed by atoms with Crippen molar-refractivity contribution in [3.63, 3.8) is 0 Å². The van der Waals surface area contributed by atoms with Crippen molar-refractivity contribution < 1.29 is 31.1 Å². The van der Waals surface area contributed by atoms with Crippen molar-refractivity contribution in [1.82, 2.24) is 9.62 Å². The highest BCUT2D eigenvalue weighted by Crippen LogP contribution is 2.24. The standard InChI is InChI=1S/C18H19F3N2O4S/c1-13(24)22-11-14-5-9-17(10-6-14)28(25,26)23(2)12-15-3-7-16(8-4-15)27-18(19,20)21/h3-10H,11-12H2,1-2H3,(H,22,24). The number of ether oxygens (including phenoxy) is 1. The summed E-state index contributed by atoms with van der Waals surface area (Å²) in [4.78, 5) is 11.0. The van der Waals surface area contributed by atoms with Gasteiger partial charge in [-0.3, -0.25) is 4.79 Å². The van der Waals surface area contributed by atoms with Gasteiger partial charge in [-0.1, -0.05) is 24.3 Å². The van der Waals surface area contributed by atoms with Crippen LogP contribution in [0.1, 0.15) is 18.1 Å². The van der Waals surface area contributed by atoms with E-state index < -0.39 is 16.4 Å². The molecule has 0 atom stereocenters. The topological polar surface area (TPSA) is 75.7 Å². The van der Waals surface area contributed by atoms with Gasteiger partial charge < -0.3 is 10.1 Å². The van der Waals surface area contributed by atoms with Crippen LogP contribution in [-0.4, -0.2) is 32.0 Å².